The second-order valence-electron chi connectivity index (χ2n) is 16.2. The standard InChI is InChI=1S/C47H53FN6O4/c1-4-54(33(2)3)46(55)38-24-36(48)17-18-41(38)58-43-27-49-32-51-45(43)53-30-47(31-53)25-37(26-47)57-42-19-21-50-39-20-22-52(28-34-12-7-5-8-13-34)40(44(39)42)16-11-23-56-29-35-14-9-6-10-15-35/h5-10,12-15,17-19,21,24,27,32-33,37,40H,4,11,16,20,22-23,25-26,28-31H2,1-3H3. The molecule has 1 saturated carbocycles. The maximum Gasteiger partial charge on any atom is 0.257 e. The molecule has 1 saturated heterocycles. The number of hydrogen-bond acceptors (Lipinski definition) is 9. The van der Waals surface area contributed by atoms with Crippen molar-refractivity contribution in [2.75, 3.05) is 37.7 Å². The number of rotatable bonds is 16. The van der Waals surface area contributed by atoms with Crippen LogP contribution in [0.4, 0.5) is 10.2 Å². The van der Waals surface area contributed by atoms with Crippen LogP contribution in [0, 0.1) is 11.2 Å². The molecule has 4 heterocycles. The van der Waals surface area contributed by atoms with Crippen molar-refractivity contribution in [1.29, 1.82) is 0 Å². The van der Waals surface area contributed by atoms with E-state index >= 15 is 0 Å². The van der Waals surface area contributed by atoms with Crippen molar-refractivity contribution in [3.63, 3.8) is 0 Å². The van der Waals surface area contributed by atoms with Crippen LogP contribution in [-0.2, 0) is 24.3 Å². The summed E-state index contributed by atoms with van der Waals surface area (Å²) in [4.78, 5) is 33.6. The summed E-state index contributed by atoms with van der Waals surface area (Å²) in [6.07, 6.45) is 9.76. The van der Waals surface area contributed by atoms with E-state index in [9.17, 15) is 9.18 Å². The number of anilines is 1. The monoisotopic (exact) mass is 784 g/mol. The SMILES string of the molecule is CCN(C(=O)c1cc(F)ccc1Oc1cncnc1N1CC2(CC(Oc3ccnc4c3C(CCCOCc3ccccc3)N(Cc3ccccc3)CC4)C2)C1)C(C)C. The molecule has 5 aromatic rings. The Morgan fingerprint density at radius 3 is 2.45 bits per heavy atom. The average molecular weight is 785 g/mol. The Morgan fingerprint density at radius 1 is 0.948 bits per heavy atom. The van der Waals surface area contributed by atoms with Gasteiger partial charge in [0.05, 0.1) is 24.1 Å². The Morgan fingerprint density at radius 2 is 1.71 bits per heavy atom. The van der Waals surface area contributed by atoms with E-state index in [1.54, 1.807) is 11.1 Å². The third-order valence-corrected chi connectivity index (χ3v) is 11.8. The summed E-state index contributed by atoms with van der Waals surface area (Å²) in [5.74, 6) is 1.52. The maximum atomic E-state index is 14.4. The van der Waals surface area contributed by atoms with Gasteiger partial charge in [0, 0.05) is 75.0 Å². The van der Waals surface area contributed by atoms with Crippen LogP contribution in [0.5, 0.6) is 17.2 Å². The number of ether oxygens (including phenoxy) is 3. The van der Waals surface area contributed by atoms with Gasteiger partial charge in [0.15, 0.2) is 11.6 Å². The number of aromatic nitrogens is 3. The number of pyridine rings is 1. The number of amides is 1. The summed E-state index contributed by atoms with van der Waals surface area (Å²) in [7, 11) is 0. The first-order valence-corrected chi connectivity index (χ1v) is 20.7. The first-order chi connectivity index (χ1) is 28.3. The molecule has 1 spiro atoms. The lowest BCUT2D eigenvalue weighted by atomic mass is 9.61. The molecule has 1 unspecified atom stereocenters. The first kappa shape index (κ1) is 39.4. The van der Waals surface area contributed by atoms with Crippen LogP contribution in [0.2, 0.25) is 0 Å². The van der Waals surface area contributed by atoms with E-state index in [4.69, 9.17) is 19.2 Å². The quantitative estimate of drug-likeness (QED) is 0.0911. The number of carbonyl (C=O) groups excluding carboxylic acids is 1. The molecule has 2 aromatic heterocycles. The van der Waals surface area contributed by atoms with E-state index in [-0.39, 0.29) is 40.8 Å². The van der Waals surface area contributed by atoms with Crippen LogP contribution in [-0.4, -0.2) is 75.6 Å². The molecule has 0 radical (unpaired) electrons. The molecule has 8 rings (SSSR count). The molecule has 1 amide bonds. The van der Waals surface area contributed by atoms with Gasteiger partial charge in [-0.3, -0.25) is 14.7 Å². The molecular weight excluding hydrogens is 732 g/mol. The number of hydrogen-bond donors (Lipinski definition) is 0. The number of benzene rings is 3. The summed E-state index contributed by atoms with van der Waals surface area (Å²) >= 11 is 0. The highest BCUT2D eigenvalue weighted by molar-refractivity contribution is 5.97. The minimum Gasteiger partial charge on any atom is -0.490 e. The minimum absolute atomic E-state index is 0.0491. The van der Waals surface area contributed by atoms with Crippen LogP contribution in [0.1, 0.15) is 85.2 Å². The van der Waals surface area contributed by atoms with Crippen LogP contribution in [0.25, 0.3) is 0 Å². The van der Waals surface area contributed by atoms with Gasteiger partial charge in [-0.15, -0.1) is 0 Å². The lowest BCUT2D eigenvalue weighted by molar-refractivity contribution is -0.0358. The average Bonchev–Trinajstić information content (AvgIpc) is 3.20. The van der Waals surface area contributed by atoms with Crippen molar-refractivity contribution in [2.45, 2.75) is 84.2 Å². The molecule has 1 atom stereocenters. The number of carbonyl (C=O) groups is 1. The predicted octanol–water partition coefficient (Wildman–Crippen LogP) is 8.82. The Bertz CT molecular complexity index is 2160. The number of halogens is 1. The predicted molar refractivity (Wildman–Crippen MR) is 222 cm³/mol. The third-order valence-electron chi connectivity index (χ3n) is 11.8. The normalized spacial score (nSPS) is 17.4. The molecule has 0 N–H and O–H groups in total. The van der Waals surface area contributed by atoms with Crippen LogP contribution in [0.15, 0.2) is 104 Å². The van der Waals surface area contributed by atoms with Crippen molar-refractivity contribution >= 4 is 11.7 Å². The molecular formula is C47H53FN6O4. The summed E-state index contributed by atoms with van der Waals surface area (Å²) in [6, 6.07) is 27.3. The largest absolute Gasteiger partial charge is 0.490 e. The highest BCUT2D eigenvalue weighted by atomic mass is 19.1. The van der Waals surface area contributed by atoms with E-state index in [1.807, 2.05) is 45.2 Å². The van der Waals surface area contributed by atoms with E-state index in [1.165, 1.54) is 41.2 Å². The van der Waals surface area contributed by atoms with Crippen LogP contribution in [0.3, 0.4) is 0 Å². The third kappa shape index (κ3) is 8.71. The van der Waals surface area contributed by atoms with Gasteiger partial charge in [0.1, 0.15) is 29.7 Å². The van der Waals surface area contributed by atoms with Gasteiger partial charge in [0.25, 0.3) is 5.91 Å². The molecule has 1 aliphatic carbocycles. The number of nitrogens with zero attached hydrogens (tertiary/aromatic N) is 6. The van der Waals surface area contributed by atoms with Crippen molar-refractivity contribution in [1.82, 2.24) is 24.8 Å². The van der Waals surface area contributed by atoms with Gasteiger partial charge in [0.2, 0.25) is 0 Å². The molecule has 2 aliphatic heterocycles. The summed E-state index contributed by atoms with van der Waals surface area (Å²) in [5, 5.41) is 0. The van der Waals surface area contributed by atoms with Gasteiger partial charge in [-0.1, -0.05) is 60.7 Å². The van der Waals surface area contributed by atoms with Crippen LogP contribution >= 0.6 is 0 Å². The minimum atomic E-state index is -0.497. The van der Waals surface area contributed by atoms with Crippen molar-refractivity contribution in [3.05, 3.63) is 137 Å². The summed E-state index contributed by atoms with van der Waals surface area (Å²) in [6.45, 7) is 11.0. The number of fused-ring (bicyclic) bond motifs is 1. The molecule has 3 aliphatic rings. The Hall–Kier alpha value is -5.39. The van der Waals surface area contributed by atoms with E-state index < -0.39 is 5.82 Å². The zero-order valence-corrected chi connectivity index (χ0v) is 33.7. The smallest absolute Gasteiger partial charge is 0.257 e. The molecule has 58 heavy (non-hydrogen) atoms. The Labute approximate surface area is 341 Å². The molecule has 11 heteroatoms. The van der Waals surface area contributed by atoms with Gasteiger partial charge < -0.3 is 24.0 Å². The second kappa shape index (κ2) is 17.6. The summed E-state index contributed by atoms with van der Waals surface area (Å²) < 4.78 is 33.8. The van der Waals surface area contributed by atoms with Gasteiger partial charge in [-0.05, 0) is 81.8 Å². The van der Waals surface area contributed by atoms with Gasteiger partial charge >= 0.3 is 0 Å². The maximum absolute atomic E-state index is 14.4. The highest BCUT2D eigenvalue weighted by Gasteiger charge is 2.54. The Balaban J connectivity index is 0.925. The lowest BCUT2D eigenvalue weighted by Gasteiger charge is -2.59. The van der Waals surface area contributed by atoms with Crippen LogP contribution < -0.4 is 14.4 Å². The van der Waals surface area contributed by atoms with Crippen molar-refractivity contribution in [3.8, 4) is 17.2 Å². The van der Waals surface area contributed by atoms with E-state index in [0.717, 1.165) is 69.7 Å². The zero-order valence-electron chi connectivity index (χ0n) is 33.7. The molecule has 0 bridgehead atoms. The lowest BCUT2D eigenvalue weighted by Crippen LogP contribution is -2.65. The zero-order chi connectivity index (χ0) is 40.1. The van der Waals surface area contributed by atoms with Crippen molar-refractivity contribution in [2.24, 2.45) is 5.41 Å². The Kier molecular flexibility index (Phi) is 12.0. The fourth-order valence-electron chi connectivity index (χ4n) is 8.96. The first-order valence-electron chi connectivity index (χ1n) is 20.7. The van der Waals surface area contributed by atoms with Crippen molar-refractivity contribution < 1.29 is 23.4 Å². The molecule has 10 nitrogen and oxygen atoms in total. The molecule has 302 valence electrons. The topological polar surface area (TPSA) is 93.2 Å². The fraction of sp³-hybridized carbons (Fsp3) is 0.404. The highest BCUT2D eigenvalue weighted by Crippen LogP contribution is 2.52. The van der Waals surface area contributed by atoms with E-state index in [0.29, 0.717) is 31.3 Å². The fourth-order valence-corrected chi connectivity index (χ4v) is 8.96. The molecule has 3 aromatic carbocycles. The van der Waals surface area contributed by atoms with E-state index in [2.05, 4.69) is 68.3 Å². The summed E-state index contributed by atoms with van der Waals surface area (Å²) in [5.41, 5.74) is 5.13. The van der Waals surface area contributed by atoms with Gasteiger partial charge in [-0.2, -0.15) is 0 Å². The second-order valence-corrected chi connectivity index (χ2v) is 16.2. The molecule has 2 fully saturated rings. The van der Waals surface area contributed by atoms with Gasteiger partial charge in [-0.25, -0.2) is 14.4 Å².